The predicted molar refractivity (Wildman–Crippen MR) is 89.4 cm³/mol. The van der Waals surface area contributed by atoms with E-state index in [9.17, 15) is 4.21 Å². The summed E-state index contributed by atoms with van der Waals surface area (Å²) in [6.07, 6.45) is 4.91. The second-order valence-electron chi connectivity index (χ2n) is 8.36. The minimum atomic E-state index is -0.681. The molecule has 3 heteroatoms. The average molecular weight is 319 g/mol. The standard InChI is InChI=1S/C18H22OS2/c1-15(2)14-8-9-16(15,3)18(20-21(18)19)17(14)10-12-6-4-5-7-13(12)11-17/h4-7,14H,8-11H2,1-3H3/t14-,16+,18?,21?/m0/s1. The first-order valence-corrected chi connectivity index (χ1v) is 10.6. The lowest BCUT2D eigenvalue weighted by atomic mass is 9.67. The van der Waals surface area contributed by atoms with Crippen molar-refractivity contribution in [3.8, 4) is 0 Å². The highest BCUT2D eigenvalue weighted by atomic mass is 33.2. The Balaban J connectivity index is 1.74. The topological polar surface area (TPSA) is 17.1 Å². The zero-order chi connectivity index (χ0) is 14.7. The third-order valence-corrected chi connectivity index (χ3v) is 12.2. The monoisotopic (exact) mass is 318 g/mol. The number of hydrogen-bond acceptors (Lipinski definition) is 2. The third kappa shape index (κ3) is 1.11. The minimum absolute atomic E-state index is 0.0332. The first-order valence-electron chi connectivity index (χ1n) is 8.07. The van der Waals surface area contributed by atoms with Crippen molar-refractivity contribution < 1.29 is 4.21 Å². The van der Waals surface area contributed by atoms with Gasteiger partial charge in [-0.15, -0.1) is 0 Å². The van der Waals surface area contributed by atoms with E-state index in [1.807, 2.05) is 0 Å². The van der Waals surface area contributed by atoms with Gasteiger partial charge in [0.15, 0.2) is 0 Å². The second-order valence-corrected chi connectivity index (χ2v) is 11.9. The lowest BCUT2D eigenvalue weighted by Gasteiger charge is -2.42. The van der Waals surface area contributed by atoms with E-state index >= 15 is 0 Å². The number of hydrogen-bond donors (Lipinski definition) is 0. The van der Waals surface area contributed by atoms with Crippen molar-refractivity contribution in [1.29, 1.82) is 0 Å². The van der Waals surface area contributed by atoms with Crippen molar-refractivity contribution in [2.45, 2.75) is 50.5 Å². The summed E-state index contributed by atoms with van der Waals surface area (Å²) < 4.78 is 12.8. The Morgan fingerprint density at radius 2 is 1.71 bits per heavy atom. The van der Waals surface area contributed by atoms with Crippen molar-refractivity contribution in [1.82, 2.24) is 0 Å². The third-order valence-electron chi connectivity index (χ3n) is 7.81. The minimum Gasteiger partial charge on any atom is -0.246 e. The quantitative estimate of drug-likeness (QED) is 0.523. The molecule has 1 aromatic carbocycles. The van der Waals surface area contributed by atoms with E-state index in [1.54, 1.807) is 10.8 Å². The van der Waals surface area contributed by atoms with Crippen LogP contribution in [0.15, 0.2) is 24.3 Å². The molecule has 4 aliphatic rings. The van der Waals surface area contributed by atoms with E-state index in [0.29, 0.717) is 5.41 Å². The van der Waals surface area contributed by atoms with E-state index in [0.717, 1.165) is 18.8 Å². The number of benzene rings is 1. The predicted octanol–water partition coefficient (Wildman–Crippen LogP) is 4.33. The van der Waals surface area contributed by atoms with Gasteiger partial charge >= 0.3 is 0 Å². The van der Waals surface area contributed by atoms with E-state index in [2.05, 4.69) is 45.0 Å². The molecule has 2 bridgehead atoms. The average Bonchev–Trinajstić information content (AvgIpc) is 2.84. The Morgan fingerprint density at radius 1 is 1.14 bits per heavy atom. The van der Waals surface area contributed by atoms with Crippen molar-refractivity contribution >= 4 is 20.6 Å². The fraction of sp³-hybridized carbons (Fsp3) is 0.667. The molecule has 3 fully saturated rings. The molecular weight excluding hydrogens is 296 g/mol. The summed E-state index contributed by atoms with van der Waals surface area (Å²) in [5.41, 5.74) is 3.85. The fourth-order valence-corrected chi connectivity index (χ4v) is 12.0. The maximum Gasteiger partial charge on any atom is 0.126 e. The van der Waals surface area contributed by atoms with Crippen LogP contribution < -0.4 is 0 Å². The molecule has 21 heavy (non-hydrogen) atoms. The molecule has 2 saturated carbocycles. The molecule has 1 nitrogen and oxygen atoms in total. The lowest BCUT2D eigenvalue weighted by molar-refractivity contribution is 0.138. The van der Waals surface area contributed by atoms with Gasteiger partial charge in [-0.25, -0.2) is 4.21 Å². The highest BCUT2D eigenvalue weighted by molar-refractivity contribution is 8.86. The molecule has 112 valence electrons. The van der Waals surface area contributed by atoms with Crippen LogP contribution in [0, 0.1) is 22.2 Å². The Labute approximate surface area is 133 Å². The molecule has 2 spiro atoms. The summed E-state index contributed by atoms with van der Waals surface area (Å²) in [7, 11) is 1.12. The molecular formula is C18H22OS2. The summed E-state index contributed by atoms with van der Waals surface area (Å²) in [5.74, 6) is 0.723. The Morgan fingerprint density at radius 3 is 2.24 bits per heavy atom. The maximum absolute atomic E-state index is 12.8. The Hall–Kier alpha value is -0.280. The highest BCUT2D eigenvalue weighted by Crippen LogP contribution is 2.89. The van der Waals surface area contributed by atoms with Crippen LogP contribution in [0.5, 0.6) is 0 Å². The molecule has 1 aromatic rings. The van der Waals surface area contributed by atoms with Crippen molar-refractivity contribution in [3.63, 3.8) is 0 Å². The van der Waals surface area contributed by atoms with Gasteiger partial charge in [0, 0.05) is 10.8 Å². The van der Waals surface area contributed by atoms with Crippen molar-refractivity contribution in [3.05, 3.63) is 35.4 Å². The van der Waals surface area contributed by atoms with E-state index in [1.165, 1.54) is 24.0 Å². The van der Waals surface area contributed by atoms with Gasteiger partial charge in [-0.3, -0.25) is 0 Å². The SMILES string of the molecule is CC1(C)[C@@H]2CC[C@@]1(C)C1(SS1=O)C21Cc2ccccc2C1. The lowest BCUT2D eigenvalue weighted by Crippen LogP contribution is -2.47. The van der Waals surface area contributed by atoms with E-state index in [4.69, 9.17) is 0 Å². The number of fused-ring (bicyclic) bond motifs is 6. The van der Waals surface area contributed by atoms with Crippen LogP contribution in [-0.2, 0) is 22.7 Å². The summed E-state index contributed by atoms with van der Waals surface area (Å²) in [6.45, 7) is 7.36. The van der Waals surface area contributed by atoms with Crippen LogP contribution in [0.2, 0.25) is 0 Å². The van der Waals surface area contributed by atoms with E-state index in [-0.39, 0.29) is 14.9 Å². The molecule has 4 atom stereocenters. The second kappa shape index (κ2) is 3.46. The molecule has 5 rings (SSSR count). The summed E-state index contributed by atoms with van der Waals surface area (Å²) >= 11 is 0. The van der Waals surface area contributed by atoms with Gasteiger partial charge in [0.25, 0.3) is 0 Å². The Kier molecular flexibility index (Phi) is 2.17. The number of rotatable bonds is 0. The first kappa shape index (κ1) is 13.2. The largest absolute Gasteiger partial charge is 0.246 e. The van der Waals surface area contributed by atoms with Crippen LogP contribution in [0.3, 0.4) is 0 Å². The van der Waals surface area contributed by atoms with Crippen LogP contribution >= 0.6 is 10.8 Å². The molecule has 3 aliphatic carbocycles. The zero-order valence-corrected chi connectivity index (χ0v) is 14.6. The molecule has 0 aromatic heterocycles. The van der Waals surface area contributed by atoms with Gasteiger partial charge < -0.3 is 0 Å². The summed E-state index contributed by atoms with van der Waals surface area (Å²) in [5, 5.41) is 0. The zero-order valence-electron chi connectivity index (χ0n) is 12.9. The van der Waals surface area contributed by atoms with Crippen LogP contribution in [0.1, 0.15) is 44.7 Å². The summed E-state index contributed by atoms with van der Waals surface area (Å²) in [6, 6.07) is 8.94. The van der Waals surface area contributed by atoms with Crippen molar-refractivity contribution in [2.75, 3.05) is 0 Å². The Bertz CT molecular complexity index is 669. The molecule has 1 aliphatic heterocycles. The molecule has 1 saturated heterocycles. The van der Waals surface area contributed by atoms with Crippen LogP contribution in [-0.4, -0.2) is 8.29 Å². The van der Waals surface area contributed by atoms with Crippen LogP contribution in [0.4, 0.5) is 0 Å². The van der Waals surface area contributed by atoms with Gasteiger partial charge in [0.05, 0.1) is 0 Å². The van der Waals surface area contributed by atoms with Gasteiger partial charge in [-0.2, -0.15) is 0 Å². The first-order chi connectivity index (χ1) is 9.89. The summed E-state index contributed by atoms with van der Waals surface area (Å²) in [4.78, 5) is 0. The molecule has 0 radical (unpaired) electrons. The smallest absolute Gasteiger partial charge is 0.126 e. The van der Waals surface area contributed by atoms with Gasteiger partial charge in [-0.05, 0) is 58.9 Å². The fourth-order valence-electron chi connectivity index (χ4n) is 6.57. The molecule has 0 amide bonds. The van der Waals surface area contributed by atoms with Gasteiger partial charge in [0.2, 0.25) is 0 Å². The van der Waals surface area contributed by atoms with Crippen LogP contribution in [0.25, 0.3) is 0 Å². The van der Waals surface area contributed by atoms with E-state index < -0.39 is 9.83 Å². The van der Waals surface area contributed by atoms with Gasteiger partial charge in [-0.1, -0.05) is 45.0 Å². The maximum atomic E-state index is 12.8. The molecule has 2 unspecified atom stereocenters. The van der Waals surface area contributed by atoms with Crippen molar-refractivity contribution in [2.24, 2.45) is 22.2 Å². The normalized spacial score (nSPS) is 47.2. The molecule has 1 heterocycles. The highest BCUT2D eigenvalue weighted by Gasteiger charge is 2.88. The molecule has 0 N–H and O–H groups in total. The van der Waals surface area contributed by atoms with Gasteiger partial charge in [0.1, 0.15) is 13.9 Å².